The Kier molecular flexibility index (Phi) is 6.88. The van der Waals surface area contributed by atoms with Crippen LogP contribution in [0.2, 0.25) is 0 Å². The number of nitrogens with one attached hydrogen (secondary N) is 2. The predicted octanol–water partition coefficient (Wildman–Crippen LogP) is 4.27. The first kappa shape index (κ1) is 23.8. The van der Waals surface area contributed by atoms with E-state index in [-0.39, 0.29) is 11.5 Å². The van der Waals surface area contributed by atoms with Crippen LogP contribution in [0.1, 0.15) is 37.9 Å². The first-order valence-corrected chi connectivity index (χ1v) is 11.8. The van der Waals surface area contributed by atoms with Gasteiger partial charge in [-0.1, -0.05) is 0 Å². The number of aromatic amines is 1. The van der Waals surface area contributed by atoms with Crippen molar-refractivity contribution in [2.75, 3.05) is 41.9 Å². The Morgan fingerprint density at radius 3 is 2.59 bits per heavy atom. The van der Waals surface area contributed by atoms with E-state index in [2.05, 4.69) is 27.1 Å². The standard InChI is InChI=1S/C26H33N5O3/c1-6-31(20-8-11-34-12-9-20)23-15-19(29-18(4)32)14-22-21(23)7-10-27-25(22)30(5)24-16(2)13-17(3)28-26(24)33/h7,10,13-15,20H,6,8-9,11-12H2,1-5H3,(H,28,33)(H,29,32). The van der Waals surface area contributed by atoms with Crippen molar-refractivity contribution in [1.82, 2.24) is 9.97 Å². The molecule has 2 aromatic heterocycles. The zero-order chi connectivity index (χ0) is 24.4. The molecule has 1 saturated heterocycles. The Labute approximate surface area is 199 Å². The van der Waals surface area contributed by atoms with Crippen LogP contribution in [-0.4, -0.2) is 48.7 Å². The van der Waals surface area contributed by atoms with E-state index in [1.54, 1.807) is 6.20 Å². The number of nitrogens with zero attached hydrogens (tertiary/aromatic N) is 3. The van der Waals surface area contributed by atoms with E-state index < -0.39 is 0 Å². The summed E-state index contributed by atoms with van der Waals surface area (Å²) in [4.78, 5) is 36.6. The Hall–Kier alpha value is -3.39. The van der Waals surface area contributed by atoms with Gasteiger partial charge in [0, 0.05) is 73.8 Å². The second-order valence-corrected chi connectivity index (χ2v) is 8.91. The molecular formula is C26H33N5O3. The lowest BCUT2D eigenvalue weighted by Crippen LogP contribution is -2.39. The van der Waals surface area contributed by atoms with Crippen LogP contribution < -0.4 is 20.7 Å². The molecule has 8 nitrogen and oxygen atoms in total. The number of hydrogen-bond donors (Lipinski definition) is 2. The molecule has 4 rings (SSSR count). The van der Waals surface area contributed by atoms with Gasteiger partial charge in [-0.25, -0.2) is 4.98 Å². The summed E-state index contributed by atoms with van der Waals surface area (Å²) in [6.07, 6.45) is 3.69. The average molecular weight is 464 g/mol. The average Bonchev–Trinajstić information content (AvgIpc) is 2.78. The number of ether oxygens (including phenoxy) is 1. The van der Waals surface area contributed by atoms with Crippen LogP contribution in [0.4, 0.5) is 22.9 Å². The monoisotopic (exact) mass is 463 g/mol. The Morgan fingerprint density at radius 2 is 1.94 bits per heavy atom. The molecule has 0 aliphatic carbocycles. The molecule has 34 heavy (non-hydrogen) atoms. The number of amides is 1. The van der Waals surface area contributed by atoms with Gasteiger partial charge in [-0.2, -0.15) is 0 Å². The van der Waals surface area contributed by atoms with Gasteiger partial charge in [0.1, 0.15) is 11.5 Å². The molecule has 8 heteroatoms. The molecule has 1 aromatic carbocycles. The molecule has 180 valence electrons. The maximum Gasteiger partial charge on any atom is 0.272 e. The molecule has 0 bridgehead atoms. The zero-order valence-electron chi connectivity index (χ0n) is 20.6. The third kappa shape index (κ3) is 4.63. The predicted molar refractivity (Wildman–Crippen MR) is 138 cm³/mol. The third-order valence-corrected chi connectivity index (χ3v) is 6.42. The molecule has 0 saturated carbocycles. The van der Waals surface area contributed by atoms with Gasteiger partial charge in [-0.05, 0) is 63.4 Å². The summed E-state index contributed by atoms with van der Waals surface area (Å²) in [5.74, 6) is 0.524. The minimum absolute atomic E-state index is 0.135. The van der Waals surface area contributed by atoms with Gasteiger partial charge < -0.3 is 24.8 Å². The van der Waals surface area contributed by atoms with E-state index in [1.807, 2.05) is 50.1 Å². The highest BCUT2D eigenvalue weighted by atomic mass is 16.5. The molecule has 1 aliphatic heterocycles. The van der Waals surface area contributed by atoms with Crippen LogP contribution in [0.15, 0.2) is 35.3 Å². The largest absolute Gasteiger partial charge is 0.381 e. The molecule has 1 amide bonds. The molecule has 0 radical (unpaired) electrons. The smallest absolute Gasteiger partial charge is 0.272 e. The number of anilines is 4. The minimum atomic E-state index is -0.158. The molecule has 1 fully saturated rings. The Balaban J connectivity index is 1.92. The van der Waals surface area contributed by atoms with Crippen LogP contribution in [0.5, 0.6) is 0 Å². The van der Waals surface area contributed by atoms with Gasteiger partial charge in [-0.15, -0.1) is 0 Å². The van der Waals surface area contributed by atoms with Crippen LogP contribution >= 0.6 is 0 Å². The van der Waals surface area contributed by atoms with Crippen LogP contribution in [0.25, 0.3) is 10.8 Å². The molecule has 1 aliphatic rings. The zero-order valence-corrected chi connectivity index (χ0v) is 20.6. The molecule has 3 aromatic rings. The highest BCUT2D eigenvalue weighted by Gasteiger charge is 2.24. The highest BCUT2D eigenvalue weighted by molar-refractivity contribution is 6.05. The van der Waals surface area contributed by atoms with Crippen molar-refractivity contribution in [2.24, 2.45) is 0 Å². The lowest BCUT2D eigenvalue weighted by atomic mass is 10.0. The third-order valence-electron chi connectivity index (χ3n) is 6.42. The van der Waals surface area contributed by atoms with Crippen molar-refractivity contribution in [1.29, 1.82) is 0 Å². The van der Waals surface area contributed by atoms with E-state index in [4.69, 9.17) is 4.74 Å². The summed E-state index contributed by atoms with van der Waals surface area (Å²) in [5.41, 5.74) is 3.83. The second kappa shape index (κ2) is 9.85. The SMILES string of the molecule is CCN(c1cc(NC(C)=O)cc2c(N(C)c3c(C)cc(C)[nH]c3=O)nccc12)C1CCOCC1. The Morgan fingerprint density at radius 1 is 1.21 bits per heavy atom. The lowest BCUT2D eigenvalue weighted by Gasteiger charge is -2.36. The van der Waals surface area contributed by atoms with Crippen LogP contribution in [0.3, 0.4) is 0 Å². The van der Waals surface area contributed by atoms with Crippen molar-refractivity contribution < 1.29 is 9.53 Å². The minimum Gasteiger partial charge on any atom is -0.381 e. The number of hydrogen-bond acceptors (Lipinski definition) is 6. The summed E-state index contributed by atoms with van der Waals surface area (Å²) in [6, 6.07) is 8.29. The summed E-state index contributed by atoms with van der Waals surface area (Å²) < 4.78 is 5.59. The van der Waals surface area contributed by atoms with Gasteiger partial charge in [0.05, 0.1) is 0 Å². The van der Waals surface area contributed by atoms with E-state index >= 15 is 0 Å². The molecule has 2 N–H and O–H groups in total. The molecule has 0 unspecified atom stereocenters. The van der Waals surface area contributed by atoms with Gasteiger partial charge in [0.25, 0.3) is 5.56 Å². The van der Waals surface area contributed by atoms with E-state index in [9.17, 15) is 9.59 Å². The van der Waals surface area contributed by atoms with Gasteiger partial charge in [0.2, 0.25) is 5.91 Å². The van der Waals surface area contributed by atoms with Gasteiger partial charge in [0.15, 0.2) is 0 Å². The number of fused-ring (bicyclic) bond motifs is 1. The maximum atomic E-state index is 12.9. The fourth-order valence-electron chi connectivity index (χ4n) is 5.02. The van der Waals surface area contributed by atoms with Crippen molar-refractivity contribution in [3.05, 3.63) is 52.1 Å². The number of carbonyl (C=O) groups excluding carboxylic acids is 1. The number of H-pyrrole nitrogens is 1. The van der Waals surface area contributed by atoms with Crippen LogP contribution in [0, 0.1) is 13.8 Å². The van der Waals surface area contributed by atoms with Gasteiger partial charge in [-0.3, -0.25) is 9.59 Å². The summed E-state index contributed by atoms with van der Waals surface area (Å²) in [6.45, 7) is 9.77. The number of benzene rings is 1. The fourth-order valence-corrected chi connectivity index (χ4v) is 5.02. The van der Waals surface area contributed by atoms with Crippen LogP contribution in [-0.2, 0) is 9.53 Å². The summed E-state index contributed by atoms with van der Waals surface area (Å²) in [7, 11) is 1.86. The fraction of sp³-hybridized carbons (Fsp3) is 0.423. The molecule has 3 heterocycles. The van der Waals surface area contributed by atoms with Gasteiger partial charge >= 0.3 is 0 Å². The number of rotatable bonds is 6. The summed E-state index contributed by atoms with van der Waals surface area (Å²) >= 11 is 0. The van der Waals surface area contributed by atoms with E-state index in [0.29, 0.717) is 23.2 Å². The topological polar surface area (TPSA) is 90.6 Å². The van der Waals surface area contributed by atoms with Crippen molar-refractivity contribution in [3.63, 3.8) is 0 Å². The molecular weight excluding hydrogens is 430 g/mol. The van der Waals surface area contributed by atoms with Crippen molar-refractivity contribution >= 4 is 39.6 Å². The van der Waals surface area contributed by atoms with E-state index in [0.717, 1.165) is 60.3 Å². The quantitative estimate of drug-likeness (QED) is 0.567. The second-order valence-electron chi connectivity index (χ2n) is 8.91. The Bertz CT molecular complexity index is 1260. The number of aryl methyl sites for hydroxylation is 2. The lowest BCUT2D eigenvalue weighted by molar-refractivity contribution is -0.114. The highest BCUT2D eigenvalue weighted by Crippen LogP contribution is 2.38. The maximum absolute atomic E-state index is 12.9. The molecule has 0 spiro atoms. The first-order chi connectivity index (χ1) is 16.3. The van der Waals surface area contributed by atoms with Crippen molar-refractivity contribution in [3.8, 4) is 0 Å². The first-order valence-electron chi connectivity index (χ1n) is 11.8. The normalized spacial score (nSPS) is 14.3. The number of carbonyl (C=O) groups is 1. The number of aromatic nitrogens is 2. The van der Waals surface area contributed by atoms with E-state index in [1.165, 1.54) is 6.92 Å². The van der Waals surface area contributed by atoms with Crippen molar-refractivity contribution in [2.45, 2.75) is 46.6 Å². The molecule has 0 atom stereocenters. The number of pyridine rings is 2. The summed E-state index contributed by atoms with van der Waals surface area (Å²) in [5, 5.41) is 4.85.